The van der Waals surface area contributed by atoms with Crippen LogP contribution < -0.4 is 10.1 Å². The largest absolute Gasteiger partial charge is 0.495 e. The molecule has 100 valence electrons. The molecule has 1 heterocycles. The van der Waals surface area contributed by atoms with Crippen molar-refractivity contribution in [2.75, 3.05) is 32.6 Å². The molecule has 1 N–H and O–H groups in total. The Balaban J connectivity index is 2.09. The van der Waals surface area contributed by atoms with E-state index in [1.165, 1.54) is 0 Å². The molecule has 3 nitrogen and oxygen atoms in total. The minimum atomic E-state index is 0.497. The Hall–Kier alpha value is -0.930. The predicted octanol–water partition coefficient (Wildman–Crippen LogP) is 3.10. The Morgan fingerprint density at radius 3 is 2.89 bits per heavy atom. The molecule has 0 unspecified atom stereocenters. The van der Waals surface area contributed by atoms with Crippen LogP contribution in [0.2, 0.25) is 5.02 Å². The van der Waals surface area contributed by atoms with Gasteiger partial charge in [-0.15, -0.1) is 0 Å². The Bertz CT molecular complexity index is 411. The van der Waals surface area contributed by atoms with Gasteiger partial charge in [0.1, 0.15) is 5.75 Å². The number of benzene rings is 1. The summed E-state index contributed by atoms with van der Waals surface area (Å²) in [4.78, 5) is 2.38. The second-order valence-electron chi connectivity index (χ2n) is 5.12. The fraction of sp³-hybridized carbons (Fsp3) is 0.571. The summed E-state index contributed by atoms with van der Waals surface area (Å²) in [5.74, 6) is 1.44. The lowest BCUT2D eigenvalue weighted by Crippen LogP contribution is -2.43. The molecule has 1 fully saturated rings. The molecule has 1 aliphatic rings. The maximum absolute atomic E-state index is 5.97. The van der Waals surface area contributed by atoms with Crippen LogP contribution in [0.25, 0.3) is 0 Å². The van der Waals surface area contributed by atoms with E-state index in [-0.39, 0.29) is 0 Å². The van der Waals surface area contributed by atoms with Crippen LogP contribution in [-0.2, 0) is 0 Å². The first kappa shape index (κ1) is 13.5. The van der Waals surface area contributed by atoms with Gasteiger partial charge in [0.05, 0.1) is 12.8 Å². The van der Waals surface area contributed by atoms with Gasteiger partial charge in [0, 0.05) is 23.7 Å². The molecule has 1 aliphatic heterocycles. The van der Waals surface area contributed by atoms with Crippen molar-refractivity contribution >= 4 is 17.3 Å². The molecule has 1 aromatic rings. The number of hydrogen-bond acceptors (Lipinski definition) is 3. The van der Waals surface area contributed by atoms with Crippen LogP contribution in [0.4, 0.5) is 5.69 Å². The SMILES string of the molecule is COc1cc(Cl)ccc1N[C@@H]1CCN(C)C[C@@H]1C. The summed E-state index contributed by atoms with van der Waals surface area (Å²) in [5, 5.41) is 4.29. The molecule has 2 atom stereocenters. The van der Waals surface area contributed by atoms with E-state index in [4.69, 9.17) is 16.3 Å². The maximum atomic E-state index is 5.97. The number of ether oxygens (including phenoxy) is 1. The van der Waals surface area contributed by atoms with Gasteiger partial charge in [0.25, 0.3) is 0 Å². The molecule has 0 aromatic heterocycles. The minimum Gasteiger partial charge on any atom is -0.495 e. The lowest BCUT2D eigenvalue weighted by atomic mass is 9.94. The Kier molecular flexibility index (Phi) is 4.36. The molecule has 4 heteroatoms. The number of methoxy groups -OCH3 is 1. The minimum absolute atomic E-state index is 0.497. The molecule has 0 bridgehead atoms. The van der Waals surface area contributed by atoms with Crippen molar-refractivity contribution in [3.8, 4) is 5.75 Å². The average molecular weight is 269 g/mol. The molecule has 0 amide bonds. The Labute approximate surface area is 114 Å². The number of hydrogen-bond donors (Lipinski definition) is 1. The summed E-state index contributed by atoms with van der Waals surface area (Å²) in [5.41, 5.74) is 1.03. The topological polar surface area (TPSA) is 24.5 Å². The number of nitrogens with zero attached hydrogens (tertiary/aromatic N) is 1. The number of nitrogens with one attached hydrogen (secondary N) is 1. The van der Waals surface area contributed by atoms with E-state index in [0.717, 1.165) is 30.9 Å². The third-order valence-electron chi connectivity index (χ3n) is 3.61. The average Bonchev–Trinajstić information content (AvgIpc) is 2.34. The van der Waals surface area contributed by atoms with Crippen molar-refractivity contribution in [1.29, 1.82) is 0 Å². The summed E-state index contributed by atoms with van der Waals surface area (Å²) in [6, 6.07) is 6.23. The molecule has 0 radical (unpaired) electrons. The van der Waals surface area contributed by atoms with Gasteiger partial charge in [-0.25, -0.2) is 0 Å². The number of likely N-dealkylation sites (tertiary alicyclic amines) is 1. The molecule has 1 saturated heterocycles. The fourth-order valence-corrected chi connectivity index (χ4v) is 2.71. The standard InChI is InChI=1S/C14H21ClN2O/c1-10-9-17(2)7-6-12(10)16-13-5-4-11(15)8-14(13)18-3/h4-5,8,10,12,16H,6-7,9H2,1-3H3/t10-,12+/m0/s1. The second-order valence-corrected chi connectivity index (χ2v) is 5.56. The van der Waals surface area contributed by atoms with Crippen molar-refractivity contribution in [2.24, 2.45) is 5.92 Å². The molecular formula is C14H21ClN2O. The molecule has 0 saturated carbocycles. The van der Waals surface area contributed by atoms with Crippen LogP contribution in [0.3, 0.4) is 0 Å². The van der Waals surface area contributed by atoms with Crippen molar-refractivity contribution < 1.29 is 4.74 Å². The summed E-state index contributed by atoms with van der Waals surface area (Å²) in [7, 11) is 3.85. The summed E-state index contributed by atoms with van der Waals surface area (Å²) < 4.78 is 5.37. The monoisotopic (exact) mass is 268 g/mol. The molecule has 1 aromatic carbocycles. The maximum Gasteiger partial charge on any atom is 0.143 e. The smallest absolute Gasteiger partial charge is 0.143 e. The zero-order valence-electron chi connectivity index (χ0n) is 11.2. The van der Waals surface area contributed by atoms with Gasteiger partial charge in [0.2, 0.25) is 0 Å². The Morgan fingerprint density at radius 1 is 1.44 bits per heavy atom. The van der Waals surface area contributed by atoms with E-state index in [9.17, 15) is 0 Å². The van der Waals surface area contributed by atoms with E-state index in [0.29, 0.717) is 17.0 Å². The zero-order chi connectivity index (χ0) is 13.1. The first-order valence-electron chi connectivity index (χ1n) is 6.38. The van der Waals surface area contributed by atoms with E-state index in [2.05, 4.69) is 24.2 Å². The highest BCUT2D eigenvalue weighted by atomic mass is 35.5. The van der Waals surface area contributed by atoms with Crippen LogP contribution >= 0.6 is 11.6 Å². The van der Waals surface area contributed by atoms with Crippen LogP contribution in [0, 0.1) is 5.92 Å². The molecule has 0 spiro atoms. The van der Waals surface area contributed by atoms with Gasteiger partial charge in [0.15, 0.2) is 0 Å². The van der Waals surface area contributed by atoms with Gasteiger partial charge in [-0.2, -0.15) is 0 Å². The predicted molar refractivity (Wildman–Crippen MR) is 76.7 cm³/mol. The first-order valence-corrected chi connectivity index (χ1v) is 6.76. The molecular weight excluding hydrogens is 248 g/mol. The number of piperidine rings is 1. The quantitative estimate of drug-likeness (QED) is 0.912. The lowest BCUT2D eigenvalue weighted by Gasteiger charge is -2.36. The summed E-state index contributed by atoms with van der Waals surface area (Å²) >= 11 is 5.97. The number of halogens is 1. The van der Waals surface area contributed by atoms with Crippen molar-refractivity contribution in [2.45, 2.75) is 19.4 Å². The van der Waals surface area contributed by atoms with Crippen molar-refractivity contribution in [1.82, 2.24) is 4.90 Å². The van der Waals surface area contributed by atoms with E-state index in [1.54, 1.807) is 7.11 Å². The lowest BCUT2D eigenvalue weighted by molar-refractivity contribution is 0.206. The normalized spacial score (nSPS) is 24.9. The summed E-state index contributed by atoms with van der Waals surface area (Å²) in [6.07, 6.45) is 1.16. The van der Waals surface area contributed by atoms with Gasteiger partial charge in [-0.3, -0.25) is 0 Å². The van der Waals surface area contributed by atoms with Gasteiger partial charge in [-0.1, -0.05) is 18.5 Å². The zero-order valence-corrected chi connectivity index (χ0v) is 12.0. The van der Waals surface area contributed by atoms with Crippen LogP contribution in [-0.4, -0.2) is 38.2 Å². The highest BCUT2D eigenvalue weighted by molar-refractivity contribution is 6.30. The van der Waals surface area contributed by atoms with E-state index < -0.39 is 0 Å². The van der Waals surface area contributed by atoms with Crippen LogP contribution in [0.5, 0.6) is 5.75 Å². The van der Waals surface area contributed by atoms with Crippen molar-refractivity contribution in [3.63, 3.8) is 0 Å². The van der Waals surface area contributed by atoms with Crippen LogP contribution in [0.1, 0.15) is 13.3 Å². The third-order valence-corrected chi connectivity index (χ3v) is 3.85. The van der Waals surface area contributed by atoms with E-state index >= 15 is 0 Å². The summed E-state index contributed by atoms with van der Waals surface area (Å²) in [6.45, 7) is 4.56. The fourth-order valence-electron chi connectivity index (χ4n) is 2.55. The van der Waals surface area contributed by atoms with E-state index in [1.807, 2.05) is 18.2 Å². The van der Waals surface area contributed by atoms with Gasteiger partial charge < -0.3 is 15.0 Å². The number of anilines is 1. The van der Waals surface area contributed by atoms with Crippen molar-refractivity contribution in [3.05, 3.63) is 23.2 Å². The highest BCUT2D eigenvalue weighted by Crippen LogP contribution is 2.30. The first-order chi connectivity index (χ1) is 8.60. The molecule has 2 rings (SSSR count). The third kappa shape index (κ3) is 3.09. The van der Waals surface area contributed by atoms with Gasteiger partial charge >= 0.3 is 0 Å². The van der Waals surface area contributed by atoms with Crippen LogP contribution in [0.15, 0.2) is 18.2 Å². The van der Waals surface area contributed by atoms with Gasteiger partial charge in [-0.05, 0) is 38.1 Å². The Morgan fingerprint density at radius 2 is 2.22 bits per heavy atom. The molecule has 0 aliphatic carbocycles. The highest BCUT2D eigenvalue weighted by Gasteiger charge is 2.24. The second kappa shape index (κ2) is 5.81. The molecule has 18 heavy (non-hydrogen) atoms. The number of rotatable bonds is 3.